The molecular formula is C21H21N5O. The van der Waals surface area contributed by atoms with Crippen LogP contribution in [0.2, 0.25) is 0 Å². The highest BCUT2D eigenvalue weighted by atomic mass is 16.2. The van der Waals surface area contributed by atoms with Crippen LogP contribution < -0.4 is 4.90 Å². The maximum Gasteiger partial charge on any atom is 0.272 e. The maximum atomic E-state index is 12.8. The molecule has 0 unspecified atom stereocenters. The maximum absolute atomic E-state index is 12.8. The molecule has 6 nitrogen and oxygen atoms in total. The Morgan fingerprint density at radius 1 is 1.15 bits per heavy atom. The van der Waals surface area contributed by atoms with E-state index >= 15 is 0 Å². The van der Waals surface area contributed by atoms with Gasteiger partial charge in [-0.05, 0) is 42.2 Å². The molecule has 1 aliphatic rings. The Morgan fingerprint density at radius 3 is 2.81 bits per heavy atom. The van der Waals surface area contributed by atoms with Crippen molar-refractivity contribution in [3.63, 3.8) is 0 Å². The zero-order chi connectivity index (χ0) is 18.6. The molecule has 2 aromatic heterocycles. The second-order valence-corrected chi connectivity index (χ2v) is 6.62. The number of anilines is 2. The van der Waals surface area contributed by atoms with Crippen molar-refractivity contribution in [2.45, 2.75) is 12.8 Å². The summed E-state index contributed by atoms with van der Waals surface area (Å²) in [5, 5.41) is 0. The Morgan fingerprint density at radius 2 is 1.96 bits per heavy atom. The number of likely N-dealkylation sites (N-methyl/N-ethyl adjacent to an activating group) is 1. The molecule has 0 aliphatic carbocycles. The molecule has 3 heterocycles. The third-order valence-electron chi connectivity index (χ3n) is 4.87. The number of amides is 1. The van der Waals surface area contributed by atoms with Crippen LogP contribution in [0.1, 0.15) is 21.6 Å². The molecule has 0 spiro atoms. The van der Waals surface area contributed by atoms with Crippen LogP contribution in [0.3, 0.4) is 0 Å². The summed E-state index contributed by atoms with van der Waals surface area (Å²) in [7, 11) is 1.80. The van der Waals surface area contributed by atoms with Gasteiger partial charge in [0.1, 0.15) is 17.8 Å². The van der Waals surface area contributed by atoms with Crippen LogP contribution in [0.15, 0.2) is 61.2 Å². The number of benzene rings is 1. The number of nitrogens with zero attached hydrogens (tertiary/aromatic N) is 5. The highest BCUT2D eigenvalue weighted by Crippen LogP contribution is 2.33. The van der Waals surface area contributed by atoms with Crippen molar-refractivity contribution in [1.82, 2.24) is 19.9 Å². The van der Waals surface area contributed by atoms with Crippen LogP contribution in [0.5, 0.6) is 0 Å². The molecule has 1 aromatic carbocycles. The average molecular weight is 359 g/mol. The van der Waals surface area contributed by atoms with Gasteiger partial charge in [-0.25, -0.2) is 9.97 Å². The summed E-state index contributed by atoms with van der Waals surface area (Å²) in [5.74, 6) is 0.668. The smallest absolute Gasteiger partial charge is 0.272 e. The first-order valence-electron chi connectivity index (χ1n) is 9.04. The van der Waals surface area contributed by atoms with Gasteiger partial charge < -0.3 is 9.80 Å². The average Bonchev–Trinajstić information content (AvgIpc) is 3.16. The number of hydrogen-bond donors (Lipinski definition) is 0. The van der Waals surface area contributed by atoms with Gasteiger partial charge in [0.2, 0.25) is 0 Å². The lowest BCUT2D eigenvalue weighted by molar-refractivity contribution is 0.0790. The number of carbonyl (C=O) groups is 1. The lowest BCUT2D eigenvalue weighted by Crippen LogP contribution is -2.30. The van der Waals surface area contributed by atoms with Crippen LogP contribution in [0.4, 0.5) is 11.5 Å². The minimum Gasteiger partial charge on any atom is -0.340 e. The van der Waals surface area contributed by atoms with Crippen molar-refractivity contribution in [1.29, 1.82) is 0 Å². The summed E-state index contributed by atoms with van der Waals surface area (Å²) in [6.45, 7) is 1.48. The van der Waals surface area contributed by atoms with Crippen molar-refractivity contribution >= 4 is 17.4 Å². The van der Waals surface area contributed by atoms with E-state index in [9.17, 15) is 4.79 Å². The third kappa shape index (κ3) is 3.65. The number of pyridine rings is 1. The SMILES string of the molecule is CN(CCc1ccncc1)C(=O)c1cc(N2CCc3ccccc32)ncn1. The normalized spacial score (nSPS) is 12.7. The van der Waals surface area contributed by atoms with E-state index in [2.05, 4.69) is 38.1 Å². The molecule has 0 fully saturated rings. The van der Waals surface area contributed by atoms with Crippen LogP contribution in [-0.2, 0) is 12.8 Å². The zero-order valence-electron chi connectivity index (χ0n) is 15.2. The summed E-state index contributed by atoms with van der Waals surface area (Å²) >= 11 is 0. The van der Waals surface area contributed by atoms with Crippen LogP contribution in [-0.4, -0.2) is 45.9 Å². The predicted molar refractivity (Wildman–Crippen MR) is 104 cm³/mol. The van der Waals surface area contributed by atoms with Gasteiger partial charge in [-0.3, -0.25) is 9.78 Å². The summed E-state index contributed by atoms with van der Waals surface area (Å²) < 4.78 is 0. The fourth-order valence-corrected chi connectivity index (χ4v) is 3.33. The Balaban J connectivity index is 1.48. The first-order valence-corrected chi connectivity index (χ1v) is 9.04. The molecule has 6 heteroatoms. The first-order chi connectivity index (χ1) is 13.2. The predicted octanol–water partition coefficient (Wildman–Crippen LogP) is 2.88. The lowest BCUT2D eigenvalue weighted by Gasteiger charge is -2.20. The summed E-state index contributed by atoms with van der Waals surface area (Å²) in [6, 6.07) is 14.0. The molecule has 0 radical (unpaired) electrons. The Kier molecular flexibility index (Phi) is 4.78. The number of carbonyl (C=O) groups excluding carboxylic acids is 1. The van der Waals surface area contributed by atoms with E-state index in [0.29, 0.717) is 12.2 Å². The number of rotatable bonds is 5. The molecular weight excluding hydrogens is 338 g/mol. The van der Waals surface area contributed by atoms with Gasteiger partial charge in [-0.15, -0.1) is 0 Å². The first kappa shape index (κ1) is 17.1. The van der Waals surface area contributed by atoms with Gasteiger partial charge in [-0.2, -0.15) is 0 Å². The number of aromatic nitrogens is 3. The van der Waals surface area contributed by atoms with E-state index < -0.39 is 0 Å². The molecule has 0 saturated heterocycles. The van der Waals surface area contributed by atoms with Gasteiger partial charge in [0, 0.05) is 44.3 Å². The van der Waals surface area contributed by atoms with Crippen molar-refractivity contribution in [3.8, 4) is 0 Å². The van der Waals surface area contributed by atoms with Gasteiger partial charge in [0.15, 0.2) is 0 Å². The second-order valence-electron chi connectivity index (χ2n) is 6.62. The van der Waals surface area contributed by atoms with Gasteiger partial charge in [0.05, 0.1) is 0 Å². The fraction of sp³-hybridized carbons (Fsp3) is 0.238. The standard InChI is InChI=1S/C21H21N5O/c1-25(12-8-16-6-10-22-11-7-16)21(27)18-14-20(24-15-23-18)26-13-9-17-4-2-3-5-19(17)26/h2-7,10-11,14-15H,8-9,12-13H2,1H3. The number of para-hydroxylation sites is 1. The minimum atomic E-state index is -0.0970. The topological polar surface area (TPSA) is 62.2 Å². The third-order valence-corrected chi connectivity index (χ3v) is 4.87. The van der Waals surface area contributed by atoms with Crippen molar-refractivity contribution in [2.24, 2.45) is 0 Å². The molecule has 0 bridgehead atoms. The second kappa shape index (κ2) is 7.53. The Bertz CT molecular complexity index is 944. The zero-order valence-corrected chi connectivity index (χ0v) is 15.2. The molecule has 27 heavy (non-hydrogen) atoms. The molecule has 4 rings (SSSR count). The molecule has 0 N–H and O–H groups in total. The quantitative estimate of drug-likeness (QED) is 0.701. The van der Waals surface area contributed by atoms with E-state index in [1.165, 1.54) is 11.9 Å². The van der Waals surface area contributed by atoms with E-state index in [0.717, 1.165) is 36.5 Å². The number of fused-ring (bicyclic) bond motifs is 1. The monoisotopic (exact) mass is 359 g/mol. The van der Waals surface area contributed by atoms with E-state index in [4.69, 9.17) is 0 Å². The summed E-state index contributed by atoms with van der Waals surface area (Å²) in [6.07, 6.45) is 6.77. The fourth-order valence-electron chi connectivity index (χ4n) is 3.33. The van der Waals surface area contributed by atoms with Crippen molar-refractivity contribution in [2.75, 3.05) is 25.0 Å². The van der Waals surface area contributed by atoms with Gasteiger partial charge in [0.25, 0.3) is 5.91 Å². The van der Waals surface area contributed by atoms with Gasteiger partial charge in [-0.1, -0.05) is 18.2 Å². The van der Waals surface area contributed by atoms with E-state index in [1.54, 1.807) is 30.4 Å². The molecule has 1 aliphatic heterocycles. The summed E-state index contributed by atoms with van der Waals surface area (Å²) in [4.78, 5) is 29.2. The Labute approximate surface area is 158 Å². The molecule has 0 saturated carbocycles. The number of hydrogen-bond acceptors (Lipinski definition) is 5. The highest BCUT2D eigenvalue weighted by Gasteiger charge is 2.22. The minimum absolute atomic E-state index is 0.0970. The van der Waals surface area contributed by atoms with Crippen molar-refractivity contribution in [3.05, 3.63) is 78.0 Å². The van der Waals surface area contributed by atoms with E-state index in [1.807, 2.05) is 18.2 Å². The van der Waals surface area contributed by atoms with E-state index in [-0.39, 0.29) is 5.91 Å². The highest BCUT2D eigenvalue weighted by molar-refractivity contribution is 5.93. The van der Waals surface area contributed by atoms with Crippen LogP contribution >= 0.6 is 0 Å². The Hall–Kier alpha value is -3.28. The molecule has 136 valence electrons. The van der Waals surface area contributed by atoms with Crippen molar-refractivity contribution < 1.29 is 4.79 Å². The molecule has 1 amide bonds. The molecule has 0 atom stereocenters. The largest absolute Gasteiger partial charge is 0.340 e. The van der Waals surface area contributed by atoms with Crippen LogP contribution in [0, 0.1) is 0 Å². The van der Waals surface area contributed by atoms with Gasteiger partial charge >= 0.3 is 0 Å². The van der Waals surface area contributed by atoms with Crippen LogP contribution in [0.25, 0.3) is 0 Å². The summed E-state index contributed by atoms with van der Waals surface area (Å²) in [5.41, 5.74) is 4.03. The lowest BCUT2D eigenvalue weighted by atomic mass is 10.2. The molecule has 3 aromatic rings.